The summed E-state index contributed by atoms with van der Waals surface area (Å²) in [5.74, 6) is -0.0336. The van der Waals surface area contributed by atoms with E-state index in [1.165, 1.54) is 12.1 Å². The average molecular weight is 316 g/mol. The first-order chi connectivity index (χ1) is 11.0. The van der Waals surface area contributed by atoms with Gasteiger partial charge in [0, 0.05) is 18.3 Å². The quantitative estimate of drug-likeness (QED) is 0.889. The molecule has 2 rings (SSSR count). The number of pyridine rings is 1. The smallest absolute Gasteiger partial charge is 0.261 e. The van der Waals surface area contributed by atoms with E-state index in [0.29, 0.717) is 18.8 Å². The van der Waals surface area contributed by atoms with Gasteiger partial charge in [-0.25, -0.2) is 9.37 Å². The Morgan fingerprint density at radius 1 is 1.30 bits per heavy atom. The number of benzene rings is 1. The van der Waals surface area contributed by atoms with Crippen molar-refractivity contribution in [3.05, 3.63) is 59.0 Å². The number of nitrogens with zero attached hydrogens (tertiary/aromatic N) is 1. The fraction of sp³-hybridized carbons (Fsp3) is 0.333. The third-order valence-electron chi connectivity index (χ3n) is 3.46. The molecule has 0 spiro atoms. The first-order valence-corrected chi connectivity index (χ1v) is 7.61. The second-order valence-corrected chi connectivity index (χ2v) is 5.49. The zero-order valence-electron chi connectivity index (χ0n) is 13.6. The summed E-state index contributed by atoms with van der Waals surface area (Å²) in [6, 6.07) is 7.99. The molecule has 0 aliphatic carbocycles. The Morgan fingerprint density at radius 2 is 2.00 bits per heavy atom. The molecule has 0 saturated heterocycles. The number of aryl methyl sites for hydroxylation is 2. The van der Waals surface area contributed by atoms with Gasteiger partial charge >= 0.3 is 0 Å². The molecule has 2 aromatic rings. The number of carbonyl (C=O) groups is 1. The molecule has 122 valence electrons. The summed E-state index contributed by atoms with van der Waals surface area (Å²) in [5.41, 5.74) is 2.78. The number of hydrogen-bond acceptors (Lipinski definition) is 3. The first kappa shape index (κ1) is 16.9. The molecule has 0 aliphatic heterocycles. The van der Waals surface area contributed by atoms with E-state index < -0.39 is 6.10 Å². The van der Waals surface area contributed by atoms with Crippen LogP contribution in [0.4, 0.5) is 4.39 Å². The number of nitrogens with one attached hydrogen (secondary N) is 1. The van der Waals surface area contributed by atoms with Gasteiger partial charge in [0.05, 0.1) is 0 Å². The van der Waals surface area contributed by atoms with Gasteiger partial charge in [-0.15, -0.1) is 0 Å². The summed E-state index contributed by atoms with van der Waals surface area (Å²) in [4.78, 5) is 16.5. The molecule has 1 unspecified atom stereocenters. The highest BCUT2D eigenvalue weighted by Crippen LogP contribution is 2.17. The molecule has 0 aliphatic rings. The molecule has 0 bridgehead atoms. The second kappa shape index (κ2) is 7.72. The molecule has 23 heavy (non-hydrogen) atoms. The number of carbonyl (C=O) groups excluding carboxylic acids is 1. The molecule has 5 heteroatoms. The largest absolute Gasteiger partial charge is 0.464 e. The van der Waals surface area contributed by atoms with E-state index in [0.717, 1.165) is 16.7 Å². The SMILES string of the molecule is CCC(Oc1ncc(C)cc1C)C(=O)NCc1ccc(F)cc1. The maximum absolute atomic E-state index is 12.9. The van der Waals surface area contributed by atoms with Gasteiger partial charge in [0.15, 0.2) is 6.10 Å². The van der Waals surface area contributed by atoms with Gasteiger partial charge in [0.2, 0.25) is 5.88 Å². The van der Waals surface area contributed by atoms with Gasteiger partial charge in [-0.2, -0.15) is 0 Å². The van der Waals surface area contributed by atoms with Crippen LogP contribution in [0, 0.1) is 19.7 Å². The number of amides is 1. The number of halogens is 1. The molecule has 1 amide bonds. The number of hydrogen-bond donors (Lipinski definition) is 1. The van der Waals surface area contributed by atoms with Crippen molar-refractivity contribution < 1.29 is 13.9 Å². The van der Waals surface area contributed by atoms with Crippen molar-refractivity contribution in [1.82, 2.24) is 10.3 Å². The molecule has 1 heterocycles. The summed E-state index contributed by atoms with van der Waals surface area (Å²) >= 11 is 0. The van der Waals surface area contributed by atoms with Crippen molar-refractivity contribution in [3.63, 3.8) is 0 Å². The minimum absolute atomic E-state index is 0.210. The Kier molecular flexibility index (Phi) is 5.68. The van der Waals surface area contributed by atoms with Crippen LogP contribution in [0.3, 0.4) is 0 Å². The van der Waals surface area contributed by atoms with Crippen molar-refractivity contribution in [2.75, 3.05) is 0 Å². The molecule has 4 nitrogen and oxygen atoms in total. The highest BCUT2D eigenvalue weighted by molar-refractivity contribution is 5.81. The van der Waals surface area contributed by atoms with Crippen molar-refractivity contribution in [2.45, 2.75) is 39.8 Å². The van der Waals surface area contributed by atoms with Crippen molar-refractivity contribution in [3.8, 4) is 5.88 Å². The van der Waals surface area contributed by atoms with Crippen LogP contribution in [0.5, 0.6) is 5.88 Å². The average Bonchev–Trinajstić information content (AvgIpc) is 2.53. The lowest BCUT2D eigenvalue weighted by Crippen LogP contribution is -2.37. The van der Waals surface area contributed by atoms with Crippen LogP contribution in [-0.4, -0.2) is 17.0 Å². The molecule has 0 saturated carbocycles. The third kappa shape index (κ3) is 4.77. The summed E-state index contributed by atoms with van der Waals surface area (Å²) in [6.07, 6.45) is 1.64. The first-order valence-electron chi connectivity index (χ1n) is 7.61. The zero-order valence-corrected chi connectivity index (χ0v) is 13.6. The Hall–Kier alpha value is -2.43. The van der Waals surface area contributed by atoms with Gasteiger partial charge in [-0.05, 0) is 49.6 Å². The number of ether oxygens (including phenoxy) is 1. The fourth-order valence-electron chi connectivity index (χ4n) is 2.19. The van der Waals surface area contributed by atoms with Crippen LogP contribution in [0.15, 0.2) is 36.5 Å². The van der Waals surface area contributed by atoms with Crippen LogP contribution in [0.1, 0.15) is 30.0 Å². The molecule has 0 fully saturated rings. The van der Waals surface area contributed by atoms with Crippen LogP contribution in [0.25, 0.3) is 0 Å². The summed E-state index contributed by atoms with van der Waals surface area (Å²) in [7, 11) is 0. The van der Waals surface area contributed by atoms with Gasteiger partial charge in [-0.1, -0.05) is 19.1 Å². The van der Waals surface area contributed by atoms with Gasteiger partial charge in [0.25, 0.3) is 5.91 Å². The maximum atomic E-state index is 12.9. The Bertz CT molecular complexity index is 671. The number of aromatic nitrogens is 1. The highest BCUT2D eigenvalue weighted by atomic mass is 19.1. The van der Waals surface area contributed by atoms with E-state index >= 15 is 0 Å². The van der Waals surface area contributed by atoms with E-state index in [4.69, 9.17) is 4.74 Å². The minimum Gasteiger partial charge on any atom is -0.464 e. The van der Waals surface area contributed by atoms with Crippen molar-refractivity contribution >= 4 is 5.91 Å². The fourth-order valence-corrected chi connectivity index (χ4v) is 2.19. The van der Waals surface area contributed by atoms with Crippen molar-refractivity contribution in [2.24, 2.45) is 0 Å². The van der Waals surface area contributed by atoms with Crippen LogP contribution >= 0.6 is 0 Å². The van der Waals surface area contributed by atoms with Gasteiger partial charge in [0.1, 0.15) is 5.82 Å². The predicted octanol–water partition coefficient (Wildman–Crippen LogP) is 3.31. The molecule has 1 atom stereocenters. The van der Waals surface area contributed by atoms with E-state index in [1.54, 1.807) is 18.3 Å². The summed E-state index contributed by atoms with van der Waals surface area (Å²) < 4.78 is 18.6. The minimum atomic E-state index is -0.607. The van der Waals surface area contributed by atoms with Crippen molar-refractivity contribution in [1.29, 1.82) is 0 Å². The molecule has 1 aromatic heterocycles. The lowest BCUT2D eigenvalue weighted by atomic mass is 10.2. The molecular formula is C18H21FN2O2. The van der Waals surface area contributed by atoms with Gasteiger partial charge < -0.3 is 10.1 Å². The standard InChI is InChI=1S/C18H21FN2O2/c1-4-16(23-18-13(3)9-12(2)10-21-18)17(22)20-11-14-5-7-15(19)8-6-14/h5-10,16H,4,11H2,1-3H3,(H,20,22). The van der Waals surface area contributed by atoms with Crippen LogP contribution in [0.2, 0.25) is 0 Å². The molecule has 0 radical (unpaired) electrons. The summed E-state index contributed by atoms with van der Waals surface area (Å²) in [6.45, 7) is 6.07. The van der Waals surface area contributed by atoms with Gasteiger partial charge in [-0.3, -0.25) is 4.79 Å². The monoisotopic (exact) mass is 316 g/mol. The van der Waals surface area contributed by atoms with E-state index in [1.807, 2.05) is 26.8 Å². The Balaban J connectivity index is 1.96. The topological polar surface area (TPSA) is 51.2 Å². The molecular weight excluding hydrogens is 295 g/mol. The molecule has 1 aromatic carbocycles. The van der Waals surface area contributed by atoms with Crippen LogP contribution < -0.4 is 10.1 Å². The maximum Gasteiger partial charge on any atom is 0.261 e. The second-order valence-electron chi connectivity index (χ2n) is 5.49. The third-order valence-corrected chi connectivity index (χ3v) is 3.46. The lowest BCUT2D eigenvalue weighted by molar-refractivity contribution is -0.128. The zero-order chi connectivity index (χ0) is 16.8. The van der Waals surface area contributed by atoms with E-state index in [-0.39, 0.29) is 11.7 Å². The predicted molar refractivity (Wildman–Crippen MR) is 86.7 cm³/mol. The van der Waals surface area contributed by atoms with E-state index in [9.17, 15) is 9.18 Å². The summed E-state index contributed by atoms with van der Waals surface area (Å²) in [5, 5.41) is 2.81. The Morgan fingerprint density at radius 3 is 2.61 bits per heavy atom. The number of rotatable bonds is 6. The normalized spacial score (nSPS) is 11.8. The van der Waals surface area contributed by atoms with Crippen LogP contribution in [-0.2, 0) is 11.3 Å². The molecule has 1 N–H and O–H groups in total. The highest BCUT2D eigenvalue weighted by Gasteiger charge is 2.19. The Labute approximate surface area is 135 Å². The lowest BCUT2D eigenvalue weighted by Gasteiger charge is -2.18. The van der Waals surface area contributed by atoms with E-state index in [2.05, 4.69) is 10.3 Å².